The van der Waals surface area contributed by atoms with E-state index in [2.05, 4.69) is 0 Å². The molecule has 1 rings (SSSR count). The van der Waals surface area contributed by atoms with Gasteiger partial charge in [-0.05, 0) is 5.56 Å². The van der Waals surface area contributed by atoms with Crippen molar-refractivity contribution in [3.63, 3.8) is 0 Å². The highest BCUT2D eigenvalue weighted by atomic mass is 35.5. The summed E-state index contributed by atoms with van der Waals surface area (Å²) >= 11 is 5.78. The summed E-state index contributed by atoms with van der Waals surface area (Å²) in [6, 6.07) is 11.9. The van der Waals surface area contributed by atoms with E-state index in [0.717, 1.165) is 5.56 Å². The van der Waals surface area contributed by atoms with E-state index < -0.39 is 5.38 Å². The van der Waals surface area contributed by atoms with Crippen molar-refractivity contribution in [1.82, 2.24) is 4.90 Å². The van der Waals surface area contributed by atoms with Gasteiger partial charge in [-0.25, -0.2) is 0 Å². The average molecular weight is 239 g/mol. The van der Waals surface area contributed by atoms with Gasteiger partial charge < -0.3 is 5.11 Å². The van der Waals surface area contributed by atoms with E-state index in [0.29, 0.717) is 19.6 Å². The zero-order valence-electron chi connectivity index (χ0n) is 9.01. The van der Waals surface area contributed by atoms with Gasteiger partial charge >= 0.3 is 0 Å². The second-order valence-corrected chi connectivity index (χ2v) is 4.07. The number of rotatable bonds is 6. The molecule has 0 bridgehead atoms. The summed E-state index contributed by atoms with van der Waals surface area (Å²) in [4.78, 5) is 1.97. The van der Waals surface area contributed by atoms with Crippen molar-refractivity contribution in [3.05, 3.63) is 35.9 Å². The van der Waals surface area contributed by atoms with Gasteiger partial charge in [-0.1, -0.05) is 30.3 Å². The Morgan fingerprint density at radius 2 is 2.06 bits per heavy atom. The van der Waals surface area contributed by atoms with Gasteiger partial charge in [0, 0.05) is 19.6 Å². The number of hydrogen-bond donors (Lipinski definition) is 1. The molecule has 1 N–H and O–H groups in total. The number of benzene rings is 1. The topological polar surface area (TPSA) is 47.3 Å². The van der Waals surface area contributed by atoms with E-state index in [9.17, 15) is 0 Å². The molecule has 3 nitrogen and oxygen atoms in total. The molecule has 0 spiro atoms. The van der Waals surface area contributed by atoms with Gasteiger partial charge in [0.15, 0.2) is 0 Å². The maximum Gasteiger partial charge on any atom is 0.133 e. The van der Waals surface area contributed by atoms with Crippen LogP contribution >= 0.6 is 11.6 Å². The van der Waals surface area contributed by atoms with E-state index in [1.165, 1.54) is 0 Å². The Hall–Kier alpha value is -1.08. The molecular weight excluding hydrogens is 224 g/mol. The van der Waals surface area contributed by atoms with Crippen molar-refractivity contribution in [3.8, 4) is 6.07 Å². The first-order valence-corrected chi connectivity index (χ1v) is 5.60. The Labute approximate surface area is 101 Å². The number of hydrogen-bond acceptors (Lipinski definition) is 3. The fourth-order valence-corrected chi connectivity index (χ4v) is 1.68. The summed E-state index contributed by atoms with van der Waals surface area (Å²) in [5.41, 5.74) is 1.15. The Kier molecular flexibility index (Phi) is 5.87. The number of nitrogens with zero attached hydrogens (tertiary/aromatic N) is 2. The monoisotopic (exact) mass is 238 g/mol. The van der Waals surface area contributed by atoms with Crippen LogP contribution in [0.3, 0.4) is 0 Å². The van der Waals surface area contributed by atoms with Crippen molar-refractivity contribution in [2.45, 2.75) is 11.9 Å². The Bertz CT molecular complexity index is 337. The van der Waals surface area contributed by atoms with E-state index in [4.69, 9.17) is 22.0 Å². The second kappa shape index (κ2) is 7.24. The summed E-state index contributed by atoms with van der Waals surface area (Å²) in [6.45, 7) is 1.77. The lowest BCUT2D eigenvalue weighted by Crippen LogP contribution is -2.31. The molecule has 1 aromatic carbocycles. The highest BCUT2D eigenvalue weighted by molar-refractivity contribution is 6.22. The predicted octanol–water partition coefficient (Wildman–Crippen LogP) is 1.61. The zero-order chi connectivity index (χ0) is 11.8. The van der Waals surface area contributed by atoms with Crippen LogP contribution in [0.4, 0.5) is 0 Å². The van der Waals surface area contributed by atoms with Gasteiger partial charge in [-0.3, -0.25) is 4.90 Å². The summed E-state index contributed by atoms with van der Waals surface area (Å²) < 4.78 is 0. The first-order valence-electron chi connectivity index (χ1n) is 5.17. The summed E-state index contributed by atoms with van der Waals surface area (Å²) in [7, 11) is 0. The molecule has 0 saturated carbocycles. The quantitative estimate of drug-likeness (QED) is 0.766. The summed E-state index contributed by atoms with van der Waals surface area (Å²) in [6.07, 6.45) is 0. The Morgan fingerprint density at radius 1 is 1.38 bits per heavy atom. The van der Waals surface area contributed by atoms with E-state index in [1.807, 2.05) is 41.3 Å². The normalized spacial score (nSPS) is 12.4. The van der Waals surface area contributed by atoms with E-state index in [1.54, 1.807) is 0 Å². The maximum atomic E-state index is 8.93. The van der Waals surface area contributed by atoms with Crippen LogP contribution in [0.15, 0.2) is 30.3 Å². The van der Waals surface area contributed by atoms with Gasteiger partial charge in [-0.2, -0.15) is 5.26 Å². The van der Waals surface area contributed by atoms with Crippen molar-refractivity contribution in [2.75, 3.05) is 19.7 Å². The van der Waals surface area contributed by atoms with Crippen LogP contribution in [0.1, 0.15) is 5.56 Å². The fourth-order valence-electron chi connectivity index (χ4n) is 1.49. The minimum atomic E-state index is -0.532. The van der Waals surface area contributed by atoms with Gasteiger partial charge in [0.1, 0.15) is 5.38 Å². The number of aliphatic hydroxyl groups is 1. The molecule has 0 radical (unpaired) electrons. The van der Waals surface area contributed by atoms with Gasteiger partial charge in [0.05, 0.1) is 12.7 Å². The number of halogens is 1. The molecule has 1 unspecified atom stereocenters. The second-order valence-electron chi connectivity index (χ2n) is 3.54. The van der Waals surface area contributed by atoms with E-state index >= 15 is 0 Å². The molecule has 0 saturated heterocycles. The minimum absolute atomic E-state index is 0.0713. The standard InChI is InChI=1S/C12H15ClN2O/c13-12(8-14)10-15(6-7-16)9-11-4-2-1-3-5-11/h1-5,12,16H,6-7,9-10H2. The lowest BCUT2D eigenvalue weighted by Gasteiger charge is -2.21. The first kappa shape index (κ1) is 13.0. The Balaban J connectivity index is 2.55. The van der Waals surface area contributed by atoms with Crippen LogP contribution in [0, 0.1) is 11.3 Å². The molecule has 0 aliphatic rings. The zero-order valence-corrected chi connectivity index (χ0v) is 9.77. The molecule has 0 fully saturated rings. The van der Waals surface area contributed by atoms with Crippen LogP contribution in [0.5, 0.6) is 0 Å². The SMILES string of the molecule is N#CC(Cl)CN(CCO)Cc1ccccc1. The summed E-state index contributed by atoms with van der Waals surface area (Å²) in [5.74, 6) is 0. The maximum absolute atomic E-state index is 8.93. The summed E-state index contributed by atoms with van der Waals surface area (Å²) in [5, 5.41) is 17.0. The molecule has 0 amide bonds. The van der Waals surface area contributed by atoms with Crippen LogP contribution in [0.2, 0.25) is 0 Å². The molecule has 0 aromatic heterocycles. The van der Waals surface area contributed by atoms with Crippen molar-refractivity contribution < 1.29 is 5.11 Å². The van der Waals surface area contributed by atoms with Crippen molar-refractivity contribution >= 4 is 11.6 Å². The van der Waals surface area contributed by atoms with E-state index in [-0.39, 0.29) is 6.61 Å². The molecule has 0 heterocycles. The van der Waals surface area contributed by atoms with Crippen molar-refractivity contribution in [2.24, 2.45) is 0 Å². The largest absolute Gasteiger partial charge is 0.395 e. The molecule has 0 aliphatic heterocycles. The smallest absolute Gasteiger partial charge is 0.133 e. The molecular formula is C12H15ClN2O. The van der Waals surface area contributed by atoms with Crippen LogP contribution in [-0.2, 0) is 6.54 Å². The van der Waals surface area contributed by atoms with Gasteiger partial charge in [0.2, 0.25) is 0 Å². The number of nitriles is 1. The van der Waals surface area contributed by atoms with Crippen molar-refractivity contribution in [1.29, 1.82) is 5.26 Å². The predicted molar refractivity (Wildman–Crippen MR) is 64.1 cm³/mol. The lowest BCUT2D eigenvalue weighted by molar-refractivity contribution is 0.194. The average Bonchev–Trinajstić information content (AvgIpc) is 2.30. The Morgan fingerprint density at radius 3 is 2.62 bits per heavy atom. The molecule has 4 heteroatoms. The van der Waals surface area contributed by atoms with Crippen LogP contribution in [-0.4, -0.2) is 35.1 Å². The third-order valence-electron chi connectivity index (χ3n) is 2.22. The molecule has 1 aromatic rings. The lowest BCUT2D eigenvalue weighted by atomic mass is 10.2. The van der Waals surface area contributed by atoms with Gasteiger partial charge in [0.25, 0.3) is 0 Å². The highest BCUT2D eigenvalue weighted by Crippen LogP contribution is 2.06. The molecule has 0 aliphatic carbocycles. The fraction of sp³-hybridized carbons (Fsp3) is 0.417. The van der Waals surface area contributed by atoms with Crippen LogP contribution < -0.4 is 0 Å². The number of aliphatic hydroxyl groups excluding tert-OH is 1. The third kappa shape index (κ3) is 4.63. The third-order valence-corrected chi connectivity index (χ3v) is 2.46. The van der Waals surface area contributed by atoms with Crippen LogP contribution in [0.25, 0.3) is 0 Å². The molecule has 86 valence electrons. The minimum Gasteiger partial charge on any atom is -0.395 e. The molecule has 1 atom stereocenters. The molecule has 16 heavy (non-hydrogen) atoms. The van der Waals surface area contributed by atoms with Gasteiger partial charge in [-0.15, -0.1) is 11.6 Å². The highest BCUT2D eigenvalue weighted by Gasteiger charge is 2.10. The number of alkyl halides is 1. The first-order chi connectivity index (χ1) is 7.76.